The van der Waals surface area contributed by atoms with Crippen molar-refractivity contribution in [2.24, 2.45) is 5.92 Å². The molecule has 1 aliphatic carbocycles. The van der Waals surface area contributed by atoms with E-state index in [1.54, 1.807) is 19.1 Å². The molecule has 1 aliphatic rings. The summed E-state index contributed by atoms with van der Waals surface area (Å²) < 4.78 is 33.6. The predicted molar refractivity (Wildman–Crippen MR) is 106 cm³/mol. The largest absolute Gasteiger partial charge is 0.481 e. The summed E-state index contributed by atoms with van der Waals surface area (Å²) in [6, 6.07) is 6.24. The highest BCUT2D eigenvalue weighted by molar-refractivity contribution is 7.89. The Hall–Kier alpha value is -1.60. The Labute approximate surface area is 163 Å². The van der Waals surface area contributed by atoms with Crippen LogP contribution in [-0.4, -0.2) is 33.0 Å². The van der Waals surface area contributed by atoms with E-state index in [1.165, 1.54) is 25.0 Å². The van der Waals surface area contributed by atoms with Crippen molar-refractivity contribution in [3.8, 4) is 5.75 Å². The fraction of sp³-hybridized carbons (Fsp3) is 0.650. The van der Waals surface area contributed by atoms with Gasteiger partial charge in [0.05, 0.1) is 4.90 Å². The average molecular weight is 397 g/mol. The van der Waals surface area contributed by atoms with Gasteiger partial charge in [-0.25, -0.2) is 13.1 Å². The molecule has 0 aromatic heterocycles. The quantitative estimate of drug-likeness (QED) is 0.661. The van der Waals surface area contributed by atoms with E-state index in [1.807, 2.05) is 13.8 Å². The number of nitrogens with one attached hydrogen (secondary N) is 2. The van der Waals surface area contributed by atoms with Gasteiger partial charge in [0.25, 0.3) is 5.91 Å². The number of ether oxygens (including phenoxy) is 1. The van der Waals surface area contributed by atoms with Gasteiger partial charge in [0.1, 0.15) is 5.75 Å². The topological polar surface area (TPSA) is 84.5 Å². The number of carbonyl (C=O) groups excluding carboxylic acids is 1. The Morgan fingerprint density at radius 1 is 1.07 bits per heavy atom. The van der Waals surface area contributed by atoms with Crippen molar-refractivity contribution in [2.75, 3.05) is 6.54 Å². The molecule has 1 fully saturated rings. The van der Waals surface area contributed by atoms with Gasteiger partial charge < -0.3 is 10.1 Å². The molecule has 0 aliphatic heterocycles. The highest BCUT2D eigenvalue weighted by Gasteiger charge is 2.21. The fourth-order valence-corrected chi connectivity index (χ4v) is 4.39. The number of rotatable bonds is 8. The van der Waals surface area contributed by atoms with Crippen molar-refractivity contribution in [3.63, 3.8) is 0 Å². The lowest BCUT2D eigenvalue weighted by molar-refractivity contribution is -0.127. The number of amides is 1. The number of sulfonamides is 1. The first kappa shape index (κ1) is 21.7. The van der Waals surface area contributed by atoms with Crippen LogP contribution in [0, 0.1) is 5.92 Å². The van der Waals surface area contributed by atoms with Gasteiger partial charge in [-0.2, -0.15) is 0 Å². The van der Waals surface area contributed by atoms with Crippen LogP contribution in [0.25, 0.3) is 0 Å². The molecule has 7 heteroatoms. The molecule has 0 spiro atoms. The molecule has 2 N–H and O–H groups in total. The lowest BCUT2D eigenvalue weighted by atomic mass is 10.1. The molecule has 1 atom stereocenters. The SMILES string of the molecule is CC(C)CNC(=O)[C@@H](C)Oc1ccc(S(=O)(=O)NC2CCCCCC2)cc1. The van der Waals surface area contributed by atoms with Crippen LogP contribution in [0.15, 0.2) is 29.2 Å². The molecule has 27 heavy (non-hydrogen) atoms. The predicted octanol–water partition coefficient (Wildman–Crippen LogP) is 3.23. The van der Waals surface area contributed by atoms with E-state index < -0.39 is 16.1 Å². The van der Waals surface area contributed by atoms with Crippen LogP contribution >= 0.6 is 0 Å². The summed E-state index contributed by atoms with van der Waals surface area (Å²) in [6.07, 6.45) is 5.62. The third-order valence-electron chi connectivity index (χ3n) is 4.68. The maximum Gasteiger partial charge on any atom is 0.260 e. The minimum absolute atomic E-state index is 0.0121. The standard InChI is InChI=1S/C20H32N2O4S/c1-15(2)14-21-20(23)16(3)26-18-10-12-19(13-11-18)27(24,25)22-17-8-6-4-5-7-9-17/h10-13,15-17,22H,4-9,14H2,1-3H3,(H,21,23)/t16-/m1/s1. The van der Waals surface area contributed by atoms with E-state index in [0.29, 0.717) is 18.2 Å². The molecular formula is C20H32N2O4S. The summed E-state index contributed by atoms with van der Waals surface area (Å²) in [7, 11) is -3.54. The molecule has 0 bridgehead atoms. The van der Waals surface area contributed by atoms with Gasteiger partial charge >= 0.3 is 0 Å². The highest BCUT2D eigenvalue weighted by Crippen LogP contribution is 2.21. The second-order valence-corrected chi connectivity index (χ2v) is 9.39. The summed E-state index contributed by atoms with van der Waals surface area (Å²) in [5, 5.41) is 2.82. The lowest BCUT2D eigenvalue weighted by Crippen LogP contribution is -2.38. The Morgan fingerprint density at radius 2 is 1.67 bits per heavy atom. The molecule has 0 heterocycles. The smallest absolute Gasteiger partial charge is 0.260 e. The average Bonchev–Trinajstić information content (AvgIpc) is 2.88. The third kappa shape index (κ3) is 7.14. The van der Waals surface area contributed by atoms with Gasteiger partial charge in [0.15, 0.2) is 6.10 Å². The van der Waals surface area contributed by atoms with Crippen LogP contribution in [-0.2, 0) is 14.8 Å². The van der Waals surface area contributed by atoms with E-state index in [9.17, 15) is 13.2 Å². The molecule has 1 aromatic rings. The fourth-order valence-electron chi connectivity index (χ4n) is 3.09. The van der Waals surface area contributed by atoms with Crippen molar-refractivity contribution in [1.82, 2.24) is 10.0 Å². The zero-order valence-corrected chi connectivity index (χ0v) is 17.3. The highest BCUT2D eigenvalue weighted by atomic mass is 32.2. The molecule has 152 valence electrons. The van der Waals surface area contributed by atoms with Crippen LogP contribution in [0.4, 0.5) is 0 Å². The van der Waals surface area contributed by atoms with Crippen LogP contribution in [0.3, 0.4) is 0 Å². The van der Waals surface area contributed by atoms with Crippen LogP contribution in [0.5, 0.6) is 5.75 Å². The van der Waals surface area contributed by atoms with Gasteiger partial charge in [0, 0.05) is 12.6 Å². The van der Waals surface area contributed by atoms with E-state index >= 15 is 0 Å². The first-order valence-electron chi connectivity index (χ1n) is 9.84. The van der Waals surface area contributed by atoms with E-state index in [4.69, 9.17) is 4.74 Å². The number of benzene rings is 1. The maximum atomic E-state index is 12.6. The first-order valence-corrected chi connectivity index (χ1v) is 11.3. The van der Waals surface area contributed by atoms with Crippen molar-refractivity contribution in [3.05, 3.63) is 24.3 Å². The van der Waals surface area contributed by atoms with Gasteiger partial charge in [-0.3, -0.25) is 4.79 Å². The monoisotopic (exact) mass is 396 g/mol. The zero-order valence-electron chi connectivity index (χ0n) is 16.5. The minimum atomic E-state index is -3.54. The third-order valence-corrected chi connectivity index (χ3v) is 6.21. The molecule has 0 unspecified atom stereocenters. The molecule has 2 rings (SSSR count). The summed E-state index contributed by atoms with van der Waals surface area (Å²) in [5.41, 5.74) is 0. The second kappa shape index (κ2) is 10.1. The molecule has 0 saturated heterocycles. The Morgan fingerprint density at radius 3 is 2.22 bits per heavy atom. The van der Waals surface area contributed by atoms with Crippen molar-refractivity contribution >= 4 is 15.9 Å². The number of carbonyl (C=O) groups is 1. The van der Waals surface area contributed by atoms with E-state index in [-0.39, 0.29) is 16.8 Å². The minimum Gasteiger partial charge on any atom is -0.481 e. The molecule has 1 aromatic carbocycles. The molecule has 1 saturated carbocycles. The Bertz CT molecular complexity index is 693. The Balaban J connectivity index is 1.94. The summed E-state index contributed by atoms with van der Waals surface area (Å²) in [4.78, 5) is 12.2. The maximum absolute atomic E-state index is 12.6. The van der Waals surface area contributed by atoms with Crippen LogP contribution in [0.2, 0.25) is 0 Å². The van der Waals surface area contributed by atoms with Crippen LogP contribution < -0.4 is 14.8 Å². The van der Waals surface area contributed by atoms with Gasteiger partial charge in [0.2, 0.25) is 10.0 Å². The number of hydrogen-bond donors (Lipinski definition) is 2. The van der Waals surface area contributed by atoms with E-state index in [2.05, 4.69) is 10.0 Å². The first-order chi connectivity index (χ1) is 12.8. The lowest BCUT2D eigenvalue weighted by Gasteiger charge is -2.17. The van der Waals surface area contributed by atoms with Crippen LogP contribution in [0.1, 0.15) is 59.3 Å². The normalized spacial score (nSPS) is 17.3. The zero-order chi connectivity index (χ0) is 19.9. The van der Waals surface area contributed by atoms with Gasteiger partial charge in [-0.15, -0.1) is 0 Å². The number of hydrogen-bond acceptors (Lipinski definition) is 4. The van der Waals surface area contributed by atoms with E-state index in [0.717, 1.165) is 25.7 Å². The summed E-state index contributed by atoms with van der Waals surface area (Å²) >= 11 is 0. The summed E-state index contributed by atoms with van der Waals surface area (Å²) in [5.74, 6) is 0.651. The van der Waals surface area contributed by atoms with Crippen molar-refractivity contribution in [1.29, 1.82) is 0 Å². The molecule has 6 nitrogen and oxygen atoms in total. The van der Waals surface area contributed by atoms with Crippen molar-refractivity contribution in [2.45, 2.75) is 76.3 Å². The second-order valence-electron chi connectivity index (χ2n) is 7.68. The molecular weight excluding hydrogens is 364 g/mol. The molecule has 1 amide bonds. The van der Waals surface area contributed by atoms with Gasteiger partial charge in [-0.05, 0) is 49.9 Å². The summed E-state index contributed by atoms with van der Waals surface area (Å²) in [6.45, 7) is 6.31. The van der Waals surface area contributed by atoms with Gasteiger partial charge in [-0.1, -0.05) is 39.5 Å². The van der Waals surface area contributed by atoms with Crippen molar-refractivity contribution < 1.29 is 17.9 Å². The molecule has 0 radical (unpaired) electrons. The Kier molecular flexibility index (Phi) is 8.10.